The van der Waals surface area contributed by atoms with Gasteiger partial charge in [0.05, 0.1) is 4.47 Å². The van der Waals surface area contributed by atoms with Crippen molar-refractivity contribution < 1.29 is 31.1 Å². The van der Waals surface area contributed by atoms with E-state index in [1.807, 2.05) is 0 Å². The van der Waals surface area contributed by atoms with Crippen molar-refractivity contribution in [2.75, 3.05) is 0 Å². The van der Waals surface area contributed by atoms with Crippen LogP contribution in [-0.4, -0.2) is 18.5 Å². The Kier molecular flexibility index (Phi) is 3.95. The van der Waals surface area contributed by atoms with Crippen molar-refractivity contribution in [1.82, 2.24) is 0 Å². The number of hydrogen-bond donors (Lipinski definition) is 0. The second kappa shape index (κ2) is 4.75. The van der Waals surface area contributed by atoms with Gasteiger partial charge in [-0.1, -0.05) is 12.1 Å². The molecule has 0 amide bonds. The van der Waals surface area contributed by atoms with Gasteiger partial charge in [0.25, 0.3) is 6.17 Å². The fraction of sp³-hybridized carbons (Fsp3) is 0.333. The highest BCUT2D eigenvalue weighted by Gasteiger charge is 2.59. The normalized spacial score (nSPS) is 14.5. The van der Waals surface area contributed by atoms with Crippen LogP contribution >= 0.6 is 15.9 Å². The van der Waals surface area contributed by atoms with E-state index in [4.69, 9.17) is 0 Å². The maximum absolute atomic E-state index is 12.8. The molecule has 1 atom stereocenters. The molecule has 0 saturated carbocycles. The van der Waals surface area contributed by atoms with E-state index in [9.17, 15) is 26.3 Å². The molecule has 17 heavy (non-hydrogen) atoms. The van der Waals surface area contributed by atoms with Gasteiger partial charge in [0, 0.05) is 0 Å². The minimum absolute atomic E-state index is 0.00551. The summed E-state index contributed by atoms with van der Waals surface area (Å²) in [5.74, 6) is -0.579. The predicted molar refractivity (Wildman–Crippen MR) is 50.7 cm³/mol. The SMILES string of the molecule is FC(C(F)(F)F)C(F)(F)Oc1ccccc1Br. The molecule has 0 fully saturated rings. The molecule has 1 rings (SSSR count). The first kappa shape index (κ1) is 14.1. The zero-order valence-corrected chi connectivity index (χ0v) is 9.53. The van der Waals surface area contributed by atoms with Crippen LogP contribution in [0.1, 0.15) is 0 Å². The Morgan fingerprint density at radius 3 is 2.06 bits per heavy atom. The Labute approximate surface area is 101 Å². The van der Waals surface area contributed by atoms with Crippen LogP contribution in [0, 0.1) is 0 Å². The number of halogens is 7. The third-order valence-electron chi connectivity index (χ3n) is 1.67. The number of ether oxygens (including phenoxy) is 1. The van der Waals surface area contributed by atoms with Crippen LogP contribution in [0.15, 0.2) is 28.7 Å². The monoisotopic (exact) mass is 322 g/mol. The van der Waals surface area contributed by atoms with Gasteiger partial charge in [-0.15, -0.1) is 0 Å². The Morgan fingerprint density at radius 2 is 1.59 bits per heavy atom. The Morgan fingerprint density at radius 1 is 1.06 bits per heavy atom. The highest BCUT2D eigenvalue weighted by molar-refractivity contribution is 9.10. The van der Waals surface area contributed by atoms with E-state index in [1.165, 1.54) is 18.2 Å². The number of para-hydroxylation sites is 1. The van der Waals surface area contributed by atoms with Gasteiger partial charge in [-0.25, -0.2) is 4.39 Å². The van der Waals surface area contributed by atoms with E-state index < -0.39 is 24.2 Å². The first-order valence-electron chi connectivity index (χ1n) is 4.17. The largest absolute Gasteiger partial charge is 0.439 e. The molecular weight excluding hydrogens is 318 g/mol. The fourth-order valence-corrected chi connectivity index (χ4v) is 1.28. The summed E-state index contributed by atoms with van der Waals surface area (Å²) < 4.78 is 77.3. The molecule has 0 aliphatic carbocycles. The van der Waals surface area contributed by atoms with E-state index in [2.05, 4.69) is 20.7 Å². The summed E-state index contributed by atoms with van der Waals surface area (Å²) in [6.07, 6.45) is -15.1. The zero-order valence-electron chi connectivity index (χ0n) is 7.94. The van der Waals surface area contributed by atoms with Crippen molar-refractivity contribution in [2.45, 2.75) is 18.5 Å². The molecule has 0 saturated heterocycles. The molecule has 0 radical (unpaired) electrons. The van der Waals surface area contributed by atoms with Crippen LogP contribution in [0.25, 0.3) is 0 Å². The van der Waals surface area contributed by atoms with Gasteiger partial charge < -0.3 is 4.74 Å². The lowest BCUT2D eigenvalue weighted by Gasteiger charge is -2.23. The van der Waals surface area contributed by atoms with Crippen LogP contribution in [0.2, 0.25) is 0 Å². The van der Waals surface area contributed by atoms with Gasteiger partial charge in [-0.2, -0.15) is 22.0 Å². The molecule has 1 unspecified atom stereocenters. The summed E-state index contributed by atoms with van der Waals surface area (Å²) in [7, 11) is 0. The lowest BCUT2D eigenvalue weighted by molar-refractivity contribution is -0.305. The molecule has 0 aromatic heterocycles. The maximum Gasteiger partial charge on any atom is 0.439 e. The van der Waals surface area contributed by atoms with E-state index >= 15 is 0 Å². The van der Waals surface area contributed by atoms with Crippen molar-refractivity contribution in [3.63, 3.8) is 0 Å². The molecule has 8 heteroatoms. The van der Waals surface area contributed by atoms with Crippen LogP contribution < -0.4 is 4.74 Å². The van der Waals surface area contributed by atoms with Crippen molar-refractivity contribution in [3.05, 3.63) is 28.7 Å². The van der Waals surface area contributed by atoms with Gasteiger partial charge in [0.15, 0.2) is 0 Å². The topological polar surface area (TPSA) is 9.23 Å². The van der Waals surface area contributed by atoms with Crippen LogP contribution in [0.4, 0.5) is 26.3 Å². The van der Waals surface area contributed by atoms with Gasteiger partial charge >= 0.3 is 12.3 Å². The zero-order chi connectivity index (χ0) is 13.3. The number of alkyl halides is 6. The standard InChI is InChI=1S/C9H5BrF6O/c10-5-3-1-2-4-6(5)17-9(15,16)7(11)8(12,13)14/h1-4,7H. The predicted octanol–water partition coefficient (Wildman–Crippen LogP) is 4.32. The molecule has 0 heterocycles. The Balaban J connectivity index is 2.90. The van der Waals surface area contributed by atoms with Crippen LogP contribution in [-0.2, 0) is 0 Å². The molecule has 0 aliphatic heterocycles. The minimum atomic E-state index is -5.69. The minimum Gasteiger partial charge on any atom is -0.429 e. The van der Waals surface area contributed by atoms with Crippen LogP contribution in [0.5, 0.6) is 5.75 Å². The van der Waals surface area contributed by atoms with Gasteiger partial charge in [-0.3, -0.25) is 0 Å². The van der Waals surface area contributed by atoms with Gasteiger partial charge in [0.2, 0.25) is 0 Å². The van der Waals surface area contributed by atoms with Gasteiger partial charge in [0.1, 0.15) is 5.75 Å². The lowest BCUT2D eigenvalue weighted by Crippen LogP contribution is -2.45. The molecule has 1 aromatic rings. The molecular formula is C9H5BrF6O. The summed E-state index contributed by atoms with van der Waals surface area (Å²) in [4.78, 5) is 0. The first-order valence-corrected chi connectivity index (χ1v) is 4.96. The molecule has 0 spiro atoms. The summed E-state index contributed by atoms with van der Waals surface area (Å²) >= 11 is 2.79. The van der Waals surface area contributed by atoms with E-state index in [0.717, 1.165) is 6.07 Å². The van der Waals surface area contributed by atoms with Gasteiger partial charge in [-0.05, 0) is 28.1 Å². The molecule has 96 valence electrons. The van der Waals surface area contributed by atoms with Crippen molar-refractivity contribution in [1.29, 1.82) is 0 Å². The second-order valence-electron chi connectivity index (χ2n) is 3.00. The van der Waals surface area contributed by atoms with Crippen LogP contribution in [0.3, 0.4) is 0 Å². The Bertz CT molecular complexity index is 391. The van der Waals surface area contributed by atoms with E-state index in [1.54, 1.807) is 0 Å². The maximum atomic E-state index is 12.8. The van der Waals surface area contributed by atoms with E-state index in [0.29, 0.717) is 0 Å². The summed E-state index contributed by atoms with van der Waals surface area (Å²) in [6, 6.07) is 4.95. The quantitative estimate of drug-likeness (QED) is 0.753. The molecule has 0 N–H and O–H groups in total. The average molecular weight is 323 g/mol. The first-order chi connectivity index (χ1) is 7.64. The summed E-state index contributed by atoms with van der Waals surface area (Å²) in [5, 5.41) is 0. The number of hydrogen-bond acceptors (Lipinski definition) is 1. The highest BCUT2D eigenvalue weighted by Crippen LogP contribution is 2.38. The smallest absolute Gasteiger partial charge is 0.429 e. The van der Waals surface area contributed by atoms with Crippen molar-refractivity contribution in [3.8, 4) is 5.75 Å². The van der Waals surface area contributed by atoms with E-state index in [-0.39, 0.29) is 4.47 Å². The molecule has 1 nitrogen and oxygen atoms in total. The number of rotatable bonds is 3. The second-order valence-corrected chi connectivity index (χ2v) is 3.85. The summed E-state index contributed by atoms with van der Waals surface area (Å²) in [5.41, 5.74) is 0. The summed E-state index contributed by atoms with van der Waals surface area (Å²) in [6.45, 7) is 0. The third kappa shape index (κ3) is 3.52. The fourth-order valence-electron chi connectivity index (χ4n) is 0.916. The number of benzene rings is 1. The van der Waals surface area contributed by atoms with Crippen molar-refractivity contribution >= 4 is 15.9 Å². The Hall–Kier alpha value is -0.920. The highest BCUT2D eigenvalue weighted by atomic mass is 79.9. The average Bonchev–Trinajstić information content (AvgIpc) is 2.19. The molecule has 1 aromatic carbocycles. The molecule has 0 bridgehead atoms. The van der Waals surface area contributed by atoms with Crippen molar-refractivity contribution in [2.24, 2.45) is 0 Å². The third-order valence-corrected chi connectivity index (χ3v) is 2.32. The molecule has 0 aliphatic rings. The lowest BCUT2D eigenvalue weighted by atomic mass is 10.3.